The number of fused-ring (bicyclic) bond motifs is 2. The van der Waals surface area contributed by atoms with Gasteiger partial charge in [-0.25, -0.2) is 0 Å². The molecule has 0 amide bonds. The van der Waals surface area contributed by atoms with Crippen LogP contribution in [-0.2, 0) is 12.8 Å². The summed E-state index contributed by atoms with van der Waals surface area (Å²) in [5.41, 5.74) is 4.10. The van der Waals surface area contributed by atoms with E-state index < -0.39 is 0 Å². The first-order valence-corrected chi connectivity index (χ1v) is 7.45. The first-order chi connectivity index (χ1) is 10.1. The van der Waals surface area contributed by atoms with Crippen molar-refractivity contribution in [3.63, 3.8) is 0 Å². The molecule has 2 aliphatic rings. The number of Topliss-reactive ketones (excluding diaryl/α,β-unsaturated/α-hetero) is 2. The monoisotopic (exact) mass is 298 g/mol. The highest BCUT2D eigenvalue weighted by atomic mass is 35.5. The Morgan fingerprint density at radius 2 is 1.33 bits per heavy atom. The van der Waals surface area contributed by atoms with E-state index in [4.69, 9.17) is 11.6 Å². The molecule has 0 atom stereocenters. The molecule has 2 aromatic carbocycles. The number of ketones is 2. The van der Waals surface area contributed by atoms with Gasteiger partial charge < -0.3 is 0 Å². The highest BCUT2D eigenvalue weighted by molar-refractivity contribution is 6.30. The van der Waals surface area contributed by atoms with Crippen LogP contribution in [0.4, 0.5) is 0 Å². The van der Waals surface area contributed by atoms with Crippen LogP contribution in [0.3, 0.4) is 0 Å². The molecule has 0 unspecified atom stereocenters. The van der Waals surface area contributed by atoms with Crippen molar-refractivity contribution in [2.45, 2.75) is 25.7 Å². The zero-order chi connectivity index (χ0) is 14.8. The molecule has 2 aliphatic carbocycles. The van der Waals surface area contributed by atoms with Gasteiger partial charge in [0, 0.05) is 29.0 Å². The summed E-state index contributed by atoms with van der Waals surface area (Å²) in [6, 6.07) is 13.3. The van der Waals surface area contributed by atoms with E-state index in [9.17, 15) is 9.59 Å². The van der Waals surface area contributed by atoms with Gasteiger partial charge in [0.1, 0.15) is 0 Å². The van der Waals surface area contributed by atoms with E-state index in [0.29, 0.717) is 18.6 Å². The van der Waals surface area contributed by atoms with Gasteiger partial charge in [-0.3, -0.25) is 9.59 Å². The fourth-order valence-electron chi connectivity index (χ4n) is 2.82. The van der Waals surface area contributed by atoms with Gasteiger partial charge in [0.2, 0.25) is 0 Å². The first-order valence-electron chi connectivity index (χ1n) is 7.08. The molecule has 0 spiro atoms. The van der Waals surface area contributed by atoms with E-state index in [0.717, 1.165) is 34.6 Å². The van der Waals surface area contributed by atoms with Crippen LogP contribution in [0.25, 0.3) is 0 Å². The summed E-state index contributed by atoms with van der Waals surface area (Å²) in [6.07, 6.45) is 3.15. The summed E-state index contributed by atoms with van der Waals surface area (Å²) in [4.78, 5) is 22.2. The molecule has 2 nitrogen and oxygen atoms in total. The molecule has 0 aromatic heterocycles. The fraction of sp³-hybridized carbons (Fsp3) is 0.222. The van der Waals surface area contributed by atoms with Crippen LogP contribution in [0.2, 0.25) is 5.02 Å². The molecule has 0 saturated heterocycles. The summed E-state index contributed by atoms with van der Waals surface area (Å²) in [5.74, 6) is 0.548. The molecule has 106 valence electrons. The minimum absolute atomic E-state index is 0.247. The number of hydrogen-bond donors (Lipinski definition) is 0. The Kier molecular flexibility index (Phi) is 3.89. The van der Waals surface area contributed by atoms with Gasteiger partial charge in [0.05, 0.1) is 0 Å². The fourth-order valence-corrected chi connectivity index (χ4v) is 3.01. The average molecular weight is 299 g/mol. The van der Waals surface area contributed by atoms with E-state index in [2.05, 4.69) is 0 Å². The molecule has 0 heterocycles. The summed E-state index contributed by atoms with van der Waals surface area (Å²) < 4.78 is 0. The number of benzene rings is 2. The predicted octanol–water partition coefficient (Wildman–Crippen LogP) is 4.28. The van der Waals surface area contributed by atoms with Crippen molar-refractivity contribution in [2.75, 3.05) is 0 Å². The lowest BCUT2D eigenvalue weighted by atomic mass is 10.1. The second-order valence-electron chi connectivity index (χ2n) is 5.30. The Morgan fingerprint density at radius 1 is 0.714 bits per heavy atom. The van der Waals surface area contributed by atoms with Crippen molar-refractivity contribution < 1.29 is 9.59 Å². The number of hydrogen-bond acceptors (Lipinski definition) is 2. The molecule has 0 saturated carbocycles. The summed E-state index contributed by atoms with van der Waals surface area (Å²) >= 11 is 5.76. The van der Waals surface area contributed by atoms with Crippen LogP contribution >= 0.6 is 11.6 Å². The van der Waals surface area contributed by atoms with Gasteiger partial charge in [-0.2, -0.15) is 0 Å². The smallest absolute Gasteiger partial charge is 0.163 e. The maximum Gasteiger partial charge on any atom is 0.163 e. The third-order valence-electron chi connectivity index (χ3n) is 3.93. The highest BCUT2D eigenvalue weighted by Crippen LogP contribution is 2.24. The Morgan fingerprint density at radius 3 is 2.05 bits per heavy atom. The van der Waals surface area contributed by atoms with E-state index in [-0.39, 0.29) is 5.78 Å². The lowest BCUT2D eigenvalue weighted by Crippen LogP contribution is -1.89. The number of carbonyl (C=O) groups is 2. The van der Waals surface area contributed by atoms with E-state index in [1.807, 2.05) is 36.4 Å². The summed E-state index contributed by atoms with van der Waals surface area (Å²) in [6.45, 7) is 0. The van der Waals surface area contributed by atoms with Gasteiger partial charge in [-0.15, -0.1) is 0 Å². The third-order valence-corrected chi connectivity index (χ3v) is 4.16. The molecule has 0 fully saturated rings. The summed E-state index contributed by atoms with van der Waals surface area (Å²) in [5, 5.41) is 0.721. The lowest BCUT2D eigenvalue weighted by Gasteiger charge is -1.95. The van der Waals surface area contributed by atoms with E-state index in [1.54, 1.807) is 6.07 Å². The topological polar surface area (TPSA) is 34.1 Å². The zero-order valence-corrected chi connectivity index (χ0v) is 12.3. The quantitative estimate of drug-likeness (QED) is 0.727. The van der Waals surface area contributed by atoms with Crippen LogP contribution < -0.4 is 0 Å². The van der Waals surface area contributed by atoms with Gasteiger partial charge in [0.25, 0.3) is 0 Å². The average Bonchev–Trinajstić information content (AvgIpc) is 3.04. The van der Waals surface area contributed by atoms with Gasteiger partial charge >= 0.3 is 0 Å². The van der Waals surface area contributed by atoms with E-state index >= 15 is 0 Å². The second-order valence-corrected chi connectivity index (χ2v) is 5.74. The van der Waals surface area contributed by atoms with Crippen LogP contribution in [0.1, 0.15) is 44.7 Å². The molecule has 0 radical (unpaired) electrons. The third kappa shape index (κ3) is 2.91. The minimum atomic E-state index is 0.247. The van der Waals surface area contributed by atoms with Crippen molar-refractivity contribution >= 4 is 23.2 Å². The van der Waals surface area contributed by atoms with E-state index in [1.165, 1.54) is 5.56 Å². The predicted molar refractivity (Wildman–Crippen MR) is 83.2 cm³/mol. The molecule has 0 N–H and O–H groups in total. The van der Waals surface area contributed by atoms with Gasteiger partial charge in [-0.05, 0) is 42.2 Å². The minimum Gasteiger partial charge on any atom is -0.294 e. The lowest BCUT2D eigenvalue weighted by molar-refractivity contribution is 0.0986. The molecule has 0 aliphatic heterocycles. The second kappa shape index (κ2) is 5.82. The highest BCUT2D eigenvalue weighted by Gasteiger charge is 2.18. The van der Waals surface area contributed by atoms with Crippen LogP contribution in [0.15, 0.2) is 42.5 Å². The normalized spacial score (nSPS) is 15.3. The zero-order valence-electron chi connectivity index (χ0n) is 11.6. The van der Waals surface area contributed by atoms with Crippen LogP contribution in [0, 0.1) is 0 Å². The molecule has 3 heteroatoms. The SMILES string of the molecule is O=C1CCc2cc(Cl)ccc21.O=C1CCc2ccccc21. The maximum absolute atomic E-state index is 11.1. The first kappa shape index (κ1) is 14.0. The van der Waals surface area contributed by atoms with Gasteiger partial charge in [-0.1, -0.05) is 35.9 Å². The Hall–Kier alpha value is -1.93. The van der Waals surface area contributed by atoms with Gasteiger partial charge in [0.15, 0.2) is 11.6 Å². The molecule has 2 aromatic rings. The summed E-state index contributed by atoms with van der Waals surface area (Å²) in [7, 11) is 0. The standard InChI is InChI=1S/C9H7ClO.C9H8O/c10-7-2-3-8-6(5-7)1-4-9(8)11;10-9-6-5-7-3-1-2-4-8(7)9/h2-3,5H,1,4H2;1-4H,5-6H2. The molecule has 0 bridgehead atoms. The Labute approximate surface area is 128 Å². The molecular formula is C18H15ClO2. The Bertz CT molecular complexity index is 719. The number of carbonyl (C=O) groups excluding carboxylic acids is 2. The van der Waals surface area contributed by atoms with Crippen molar-refractivity contribution in [1.29, 1.82) is 0 Å². The molecule has 21 heavy (non-hydrogen) atoms. The number of rotatable bonds is 0. The maximum atomic E-state index is 11.1. The molecular weight excluding hydrogens is 284 g/mol. The van der Waals surface area contributed by atoms with Crippen LogP contribution in [0.5, 0.6) is 0 Å². The van der Waals surface area contributed by atoms with Crippen molar-refractivity contribution in [3.05, 3.63) is 69.7 Å². The van der Waals surface area contributed by atoms with Crippen LogP contribution in [-0.4, -0.2) is 11.6 Å². The molecule has 4 rings (SSSR count). The van der Waals surface area contributed by atoms with Crippen molar-refractivity contribution in [1.82, 2.24) is 0 Å². The van der Waals surface area contributed by atoms with Crippen molar-refractivity contribution in [2.24, 2.45) is 0 Å². The largest absolute Gasteiger partial charge is 0.294 e. The number of halogens is 1. The van der Waals surface area contributed by atoms with Crippen molar-refractivity contribution in [3.8, 4) is 0 Å². The Balaban J connectivity index is 0.000000126. The number of aryl methyl sites for hydroxylation is 2.